The van der Waals surface area contributed by atoms with Gasteiger partial charge in [0.2, 0.25) is 0 Å². The van der Waals surface area contributed by atoms with Crippen LogP contribution >= 0.6 is 27.3 Å². The van der Waals surface area contributed by atoms with E-state index in [9.17, 15) is 9.59 Å². The quantitative estimate of drug-likeness (QED) is 0.631. The Balaban J connectivity index is 1.73. The van der Waals surface area contributed by atoms with Crippen molar-refractivity contribution in [2.24, 2.45) is 0 Å². The third kappa shape index (κ3) is 3.58. The SMILES string of the molecule is O=C(Nc1ccc2sc(C(=O)O)cc2c1Br)OCc1ccccc1. The second kappa shape index (κ2) is 7.02. The molecule has 1 aromatic heterocycles. The van der Waals surface area contributed by atoms with Crippen LogP contribution in [0.1, 0.15) is 15.2 Å². The maximum atomic E-state index is 11.9. The molecule has 0 fully saturated rings. The smallest absolute Gasteiger partial charge is 0.411 e. The molecule has 0 saturated carbocycles. The number of halogens is 1. The molecule has 2 N–H and O–H groups in total. The number of carbonyl (C=O) groups excluding carboxylic acids is 1. The van der Waals surface area contributed by atoms with E-state index in [0.29, 0.717) is 10.2 Å². The highest BCUT2D eigenvalue weighted by atomic mass is 79.9. The summed E-state index contributed by atoms with van der Waals surface area (Å²) < 4.78 is 6.63. The van der Waals surface area contributed by atoms with E-state index >= 15 is 0 Å². The highest BCUT2D eigenvalue weighted by Crippen LogP contribution is 2.36. The van der Waals surface area contributed by atoms with Crippen LogP contribution in [0.4, 0.5) is 10.5 Å². The molecule has 122 valence electrons. The van der Waals surface area contributed by atoms with Crippen molar-refractivity contribution in [2.45, 2.75) is 6.61 Å². The van der Waals surface area contributed by atoms with Crippen molar-refractivity contribution in [1.29, 1.82) is 0 Å². The van der Waals surface area contributed by atoms with Crippen molar-refractivity contribution in [1.82, 2.24) is 0 Å². The molecule has 0 bridgehead atoms. The van der Waals surface area contributed by atoms with Crippen LogP contribution in [0.25, 0.3) is 10.1 Å². The van der Waals surface area contributed by atoms with Gasteiger partial charge in [0.1, 0.15) is 11.5 Å². The topological polar surface area (TPSA) is 75.6 Å². The molecule has 3 aromatic rings. The van der Waals surface area contributed by atoms with Crippen molar-refractivity contribution in [3.63, 3.8) is 0 Å². The number of ether oxygens (including phenoxy) is 1. The van der Waals surface area contributed by atoms with E-state index < -0.39 is 12.1 Å². The highest BCUT2D eigenvalue weighted by Gasteiger charge is 2.14. The third-order valence-corrected chi connectivity index (χ3v) is 5.24. The minimum absolute atomic E-state index is 0.175. The first-order valence-electron chi connectivity index (χ1n) is 6.97. The number of nitrogens with one attached hydrogen (secondary N) is 1. The summed E-state index contributed by atoms with van der Waals surface area (Å²) in [5.74, 6) is -0.972. The van der Waals surface area contributed by atoms with Crippen molar-refractivity contribution in [3.05, 3.63) is 63.4 Å². The zero-order chi connectivity index (χ0) is 17.1. The number of hydrogen-bond donors (Lipinski definition) is 2. The van der Waals surface area contributed by atoms with Crippen LogP contribution in [0.2, 0.25) is 0 Å². The molecule has 7 heteroatoms. The Labute approximate surface area is 150 Å². The van der Waals surface area contributed by atoms with Gasteiger partial charge in [-0.05, 0) is 39.7 Å². The zero-order valence-corrected chi connectivity index (χ0v) is 14.7. The molecule has 1 amide bonds. The Kier molecular flexibility index (Phi) is 4.82. The Morgan fingerprint density at radius 1 is 1.17 bits per heavy atom. The van der Waals surface area contributed by atoms with Gasteiger partial charge in [-0.3, -0.25) is 5.32 Å². The molecule has 0 aliphatic heterocycles. The van der Waals surface area contributed by atoms with Gasteiger partial charge in [-0.1, -0.05) is 30.3 Å². The normalized spacial score (nSPS) is 10.5. The van der Waals surface area contributed by atoms with Crippen molar-refractivity contribution in [3.8, 4) is 0 Å². The molecule has 1 heterocycles. The second-order valence-corrected chi connectivity index (χ2v) is 6.82. The van der Waals surface area contributed by atoms with Crippen LogP contribution < -0.4 is 5.32 Å². The summed E-state index contributed by atoms with van der Waals surface area (Å²) in [4.78, 5) is 23.3. The van der Waals surface area contributed by atoms with Crippen LogP contribution in [-0.4, -0.2) is 17.2 Å². The number of benzene rings is 2. The van der Waals surface area contributed by atoms with Gasteiger partial charge < -0.3 is 9.84 Å². The first-order chi connectivity index (χ1) is 11.5. The fourth-order valence-electron chi connectivity index (χ4n) is 2.15. The fourth-order valence-corrected chi connectivity index (χ4v) is 3.75. The number of rotatable bonds is 4. The molecule has 0 radical (unpaired) electrons. The number of aromatic carboxylic acids is 1. The average Bonchev–Trinajstić information content (AvgIpc) is 3.02. The van der Waals surface area contributed by atoms with Crippen LogP contribution in [0.15, 0.2) is 53.0 Å². The number of carboxylic acid groups (broad SMARTS) is 1. The minimum atomic E-state index is -0.972. The molecule has 0 saturated heterocycles. The summed E-state index contributed by atoms with van der Waals surface area (Å²) in [5.41, 5.74) is 1.42. The lowest BCUT2D eigenvalue weighted by Gasteiger charge is -2.09. The standard InChI is InChI=1S/C17H12BrNO4S/c18-15-11-8-14(16(20)21)24-13(11)7-6-12(15)19-17(22)23-9-10-4-2-1-3-5-10/h1-8H,9H2,(H,19,22)(H,20,21). The predicted molar refractivity (Wildman–Crippen MR) is 96.7 cm³/mol. The molecular weight excluding hydrogens is 394 g/mol. The Hall–Kier alpha value is -2.38. The van der Waals surface area contributed by atoms with Gasteiger partial charge in [-0.25, -0.2) is 9.59 Å². The second-order valence-electron chi connectivity index (χ2n) is 4.94. The molecule has 24 heavy (non-hydrogen) atoms. The maximum Gasteiger partial charge on any atom is 0.411 e. The Bertz CT molecular complexity index is 908. The number of carboxylic acids is 1. The van der Waals surface area contributed by atoms with E-state index in [1.165, 1.54) is 11.3 Å². The average molecular weight is 406 g/mol. The van der Waals surface area contributed by atoms with Gasteiger partial charge in [0.05, 0.1) is 5.69 Å². The summed E-state index contributed by atoms with van der Waals surface area (Å²) in [6.07, 6.45) is -0.576. The third-order valence-electron chi connectivity index (χ3n) is 3.30. The molecule has 5 nitrogen and oxygen atoms in total. The number of anilines is 1. The Morgan fingerprint density at radius 3 is 2.62 bits per heavy atom. The molecule has 0 aliphatic rings. The largest absolute Gasteiger partial charge is 0.477 e. The van der Waals surface area contributed by atoms with E-state index in [4.69, 9.17) is 9.84 Å². The summed E-state index contributed by atoms with van der Waals surface area (Å²) in [6.45, 7) is 0.175. The Morgan fingerprint density at radius 2 is 1.92 bits per heavy atom. The van der Waals surface area contributed by atoms with Crippen molar-refractivity contribution in [2.75, 3.05) is 5.32 Å². The van der Waals surface area contributed by atoms with E-state index in [0.717, 1.165) is 15.6 Å². The highest BCUT2D eigenvalue weighted by molar-refractivity contribution is 9.10. The van der Waals surface area contributed by atoms with Crippen LogP contribution in [0.3, 0.4) is 0 Å². The fraction of sp³-hybridized carbons (Fsp3) is 0.0588. The minimum Gasteiger partial charge on any atom is -0.477 e. The van der Waals surface area contributed by atoms with Gasteiger partial charge in [0, 0.05) is 14.6 Å². The molecule has 2 aromatic carbocycles. The number of hydrogen-bond acceptors (Lipinski definition) is 4. The van der Waals surface area contributed by atoms with E-state index in [2.05, 4.69) is 21.2 Å². The molecular formula is C17H12BrNO4S. The molecule has 0 unspecified atom stereocenters. The summed E-state index contributed by atoms with van der Waals surface area (Å²) in [7, 11) is 0. The number of thiophene rings is 1. The van der Waals surface area contributed by atoms with Crippen LogP contribution in [0.5, 0.6) is 0 Å². The van der Waals surface area contributed by atoms with Gasteiger partial charge in [0.25, 0.3) is 0 Å². The lowest BCUT2D eigenvalue weighted by Crippen LogP contribution is -2.13. The number of amides is 1. The van der Waals surface area contributed by atoms with Gasteiger partial charge >= 0.3 is 12.1 Å². The van der Waals surface area contributed by atoms with E-state index in [-0.39, 0.29) is 11.5 Å². The number of carbonyl (C=O) groups is 2. The number of fused-ring (bicyclic) bond motifs is 1. The lowest BCUT2D eigenvalue weighted by molar-refractivity contribution is 0.0702. The molecule has 0 aliphatic carbocycles. The van der Waals surface area contributed by atoms with E-state index in [1.54, 1.807) is 18.2 Å². The summed E-state index contributed by atoms with van der Waals surface area (Å²) >= 11 is 4.59. The van der Waals surface area contributed by atoms with Gasteiger partial charge in [-0.2, -0.15) is 0 Å². The monoisotopic (exact) mass is 405 g/mol. The van der Waals surface area contributed by atoms with Gasteiger partial charge in [-0.15, -0.1) is 11.3 Å². The molecule has 0 atom stereocenters. The van der Waals surface area contributed by atoms with E-state index in [1.807, 2.05) is 30.3 Å². The molecule has 0 spiro atoms. The van der Waals surface area contributed by atoms with Crippen LogP contribution in [-0.2, 0) is 11.3 Å². The summed E-state index contributed by atoms with van der Waals surface area (Å²) in [6, 6.07) is 14.4. The first kappa shape index (κ1) is 16.5. The molecule has 3 rings (SSSR count). The zero-order valence-electron chi connectivity index (χ0n) is 12.3. The van der Waals surface area contributed by atoms with Crippen molar-refractivity contribution < 1.29 is 19.4 Å². The van der Waals surface area contributed by atoms with Crippen molar-refractivity contribution >= 4 is 55.1 Å². The maximum absolute atomic E-state index is 11.9. The summed E-state index contributed by atoms with van der Waals surface area (Å²) in [5, 5.41) is 12.5. The first-order valence-corrected chi connectivity index (χ1v) is 8.58. The van der Waals surface area contributed by atoms with Crippen LogP contribution in [0, 0.1) is 0 Å². The lowest BCUT2D eigenvalue weighted by atomic mass is 10.2. The predicted octanol–water partition coefficient (Wildman–Crippen LogP) is 5.11. The van der Waals surface area contributed by atoms with Gasteiger partial charge in [0.15, 0.2) is 0 Å².